The molecule has 0 bridgehead atoms. The summed E-state index contributed by atoms with van der Waals surface area (Å²) in [4.78, 5) is 23.1. The lowest BCUT2D eigenvalue weighted by atomic mass is 10.2. The van der Waals surface area contributed by atoms with Crippen molar-refractivity contribution in [1.82, 2.24) is 14.8 Å². The predicted molar refractivity (Wildman–Crippen MR) is 129 cm³/mol. The van der Waals surface area contributed by atoms with Crippen molar-refractivity contribution in [1.29, 1.82) is 0 Å². The maximum Gasteiger partial charge on any atom is 0.271 e. The van der Waals surface area contributed by atoms with Gasteiger partial charge in [0.25, 0.3) is 5.69 Å². The van der Waals surface area contributed by atoms with Crippen LogP contribution in [0.2, 0.25) is 5.02 Å². The van der Waals surface area contributed by atoms with E-state index in [0.29, 0.717) is 21.7 Å². The number of nitrogens with one attached hydrogen (secondary N) is 1. The number of hydrogen-bond donors (Lipinski definition) is 1. The SMILES string of the molecule is Cc1ccc([N+](=O)[O-])cc1NC(=O)CSc1nnc(-c2ccc(Cl)cc2)n1-c1ccccc1. The fourth-order valence-corrected chi connectivity index (χ4v) is 4.01. The van der Waals surface area contributed by atoms with Crippen LogP contribution < -0.4 is 5.32 Å². The van der Waals surface area contributed by atoms with E-state index in [2.05, 4.69) is 15.5 Å². The number of amides is 1. The highest BCUT2D eigenvalue weighted by Crippen LogP contribution is 2.29. The zero-order valence-electron chi connectivity index (χ0n) is 17.4. The second-order valence-electron chi connectivity index (χ2n) is 7.08. The molecule has 1 amide bonds. The van der Waals surface area contributed by atoms with Gasteiger partial charge in [-0.25, -0.2) is 0 Å². The minimum Gasteiger partial charge on any atom is -0.325 e. The third-order valence-electron chi connectivity index (χ3n) is 4.79. The molecule has 0 saturated carbocycles. The van der Waals surface area contributed by atoms with Gasteiger partial charge in [0.05, 0.1) is 16.4 Å². The number of hydrogen-bond acceptors (Lipinski definition) is 6. The fraction of sp³-hybridized carbons (Fsp3) is 0.0870. The normalized spacial score (nSPS) is 10.7. The number of nitrogens with zero attached hydrogens (tertiary/aromatic N) is 4. The molecule has 1 aromatic heterocycles. The van der Waals surface area contributed by atoms with Crippen LogP contribution in [-0.4, -0.2) is 31.3 Å². The molecule has 0 aliphatic heterocycles. The van der Waals surface area contributed by atoms with Crippen molar-refractivity contribution in [2.24, 2.45) is 0 Å². The summed E-state index contributed by atoms with van der Waals surface area (Å²) in [5, 5.41) is 23.6. The molecule has 4 aromatic rings. The number of aromatic nitrogens is 3. The lowest BCUT2D eigenvalue weighted by Gasteiger charge is -2.11. The van der Waals surface area contributed by atoms with E-state index in [4.69, 9.17) is 11.6 Å². The summed E-state index contributed by atoms with van der Waals surface area (Å²) < 4.78 is 1.87. The monoisotopic (exact) mass is 479 g/mol. The number of rotatable bonds is 7. The van der Waals surface area contributed by atoms with Crippen molar-refractivity contribution < 1.29 is 9.72 Å². The molecule has 10 heteroatoms. The topological polar surface area (TPSA) is 103 Å². The number of carbonyl (C=O) groups is 1. The zero-order valence-corrected chi connectivity index (χ0v) is 19.0. The lowest BCUT2D eigenvalue weighted by molar-refractivity contribution is -0.384. The molecule has 0 aliphatic rings. The average Bonchev–Trinajstić information content (AvgIpc) is 3.24. The number of para-hydroxylation sites is 1. The van der Waals surface area contributed by atoms with E-state index < -0.39 is 4.92 Å². The molecule has 0 atom stereocenters. The van der Waals surface area contributed by atoms with Crippen molar-refractivity contribution in [2.75, 3.05) is 11.1 Å². The van der Waals surface area contributed by atoms with Crippen LogP contribution in [0.5, 0.6) is 0 Å². The first-order valence-corrected chi connectivity index (χ1v) is 11.2. The van der Waals surface area contributed by atoms with Crippen LogP contribution in [0.4, 0.5) is 11.4 Å². The number of aryl methyl sites for hydroxylation is 1. The Bertz CT molecular complexity index is 1310. The van der Waals surface area contributed by atoms with Crippen molar-refractivity contribution in [3.05, 3.63) is 93.5 Å². The van der Waals surface area contributed by atoms with E-state index in [1.54, 1.807) is 25.1 Å². The molecular weight excluding hydrogens is 462 g/mol. The summed E-state index contributed by atoms with van der Waals surface area (Å²) in [5.41, 5.74) is 2.74. The number of nitro groups is 1. The largest absolute Gasteiger partial charge is 0.325 e. The molecule has 0 aliphatic carbocycles. The molecule has 0 spiro atoms. The molecule has 0 fully saturated rings. The minimum absolute atomic E-state index is 0.0493. The highest BCUT2D eigenvalue weighted by atomic mass is 35.5. The Hall–Kier alpha value is -3.69. The third-order valence-corrected chi connectivity index (χ3v) is 5.97. The Morgan fingerprint density at radius 1 is 1.09 bits per heavy atom. The van der Waals surface area contributed by atoms with E-state index >= 15 is 0 Å². The van der Waals surface area contributed by atoms with Crippen molar-refractivity contribution in [3.63, 3.8) is 0 Å². The van der Waals surface area contributed by atoms with Gasteiger partial charge in [-0.1, -0.05) is 47.6 Å². The first-order valence-electron chi connectivity index (χ1n) is 9.87. The van der Waals surface area contributed by atoms with E-state index in [1.807, 2.05) is 47.0 Å². The van der Waals surface area contributed by atoms with Crippen LogP contribution in [0.1, 0.15) is 5.56 Å². The number of carbonyl (C=O) groups excluding carboxylic acids is 1. The van der Waals surface area contributed by atoms with Crippen molar-refractivity contribution >= 4 is 40.6 Å². The molecule has 1 heterocycles. The van der Waals surface area contributed by atoms with Gasteiger partial charge in [-0.15, -0.1) is 10.2 Å². The van der Waals surface area contributed by atoms with Gasteiger partial charge < -0.3 is 5.32 Å². The number of thioether (sulfide) groups is 1. The van der Waals surface area contributed by atoms with Crippen LogP contribution >= 0.6 is 23.4 Å². The Labute approximate surface area is 198 Å². The summed E-state index contributed by atoms with van der Waals surface area (Å²) in [5.74, 6) is 0.364. The van der Waals surface area contributed by atoms with Gasteiger partial charge in [-0.05, 0) is 48.9 Å². The summed E-state index contributed by atoms with van der Waals surface area (Å²) >= 11 is 7.24. The van der Waals surface area contributed by atoms with Crippen LogP contribution in [0.3, 0.4) is 0 Å². The van der Waals surface area contributed by atoms with Crippen LogP contribution in [0.25, 0.3) is 17.1 Å². The van der Waals surface area contributed by atoms with Crippen molar-refractivity contribution in [3.8, 4) is 17.1 Å². The molecule has 8 nitrogen and oxygen atoms in total. The minimum atomic E-state index is -0.496. The number of non-ortho nitro benzene ring substituents is 1. The van der Waals surface area contributed by atoms with Gasteiger partial charge in [-0.3, -0.25) is 19.5 Å². The highest BCUT2D eigenvalue weighted by molar-refractivity contribution is 7.99. The predicted octanol–water partition coefficient (Wildman–Crippen LogP) is 5.54. The first-order chi connectivity index (χ1) is 15.9. The van der Waals surface area contributed by atoms with Crippen LogP contribution in [0, 0.1) is 17.0 Å². The van der Waals surface area contributed by atoms with Gasteiger partial charge in [0, 0.05) is 28.4 Å². The summed E-state index contributed by atoms with van der Waals surface area (Å²) in [6.45, 7) is 1.77. The van der Waals surface area contributed by atoms with Crippen LogP contribution in [-0.2, 0) is 4.79 Å². The van der Waals surface area contributed by atoms with Gasteiger partial charge in [0.2, 0.25) is 5.91 Å². The summed E-state index contributed by atoms with van der Waals surface area (Å²) in [6, 6.07) is 21.2. The third kappa shape index (κ3) is 5.21. The van der Waals surface area contributed by atoms with E-state index in [1.165, 1.54) is 23.9 Å². The second-order valence-corrected chi connectivity index (χ2v) is 8.46. The quantitative estimate of drug-likeness (QED) is 0.212. The average molecular weight is 480 g/mol. The van der Waals surface area contributed by atoms with Gasteiger partial charge >= 0.3 is 0 Å². The number of benzene rings is 3. The molecule has 0 unspecified atom stereocenters. The van der Waals surface area contributed by atoms with Crippen molar-refractivity contribution in [2.45, 2.75) is 12.1 Å². The second kappa shape index (κ2) is 9.85. The standard InChI is InChI=1S/C23H18ClN5O3S/c1-15-7-12-19(29(31)32)13-20(15)25-21(30)14-33-23-27-26-22(16-8-10-17(24)11-9-16)28(23)18-5-3-2-4-6-18/h2-13H,14H2,1H3,(H,25,30). The van der Waals surface area contributed by atoms with E-state index in [0.717, 1.165) is 16.8 Å². The first kappa shape index (κ1) is 22.5. The molecule has 0 radical (unpaired) electrons. The Balaban J connectivity index is 1.57. The van der Waals surface area contributed by atoms with Gasteiger partial charge in [-0.2, -0.15) is 0 Å². The fourth-order valence-electron chi connectivity index (χ4n) is 3.13. The molecule has 3 aromatic carbocycles. The molecule has 4 rings (SSSR count). The summed E-state index contributed by atoms with van der Waals surface area (Å²) in [6.07, 6.45) is 0. The number of anilines is 1. The molecule has 33 heavy (non-hydrogen) atoms. The summed E-state index contributed by atoms with van der Waals surface area (Å²) in [7, 11) is 0. The van der Waals surface area contributed by atoms with E-state index in [9.17, 15) is 14.9 Å². The Morgan fingerprint density at radius 3 is 2.52 bits per heavy atom. The molecule has 166 valence electrons. The molecular formula is C23H18ClN5O3S. The highest BCUT2D eigenvalue weighted by Gasteiger charge is 2.18. The number of halogens is 1. The molecule has 1 N–H and O–H groups in total. The maximum absolute atomic E-state index is 12.6. The zero-order chi connectivity index (χ0) is 23.4. The van der Waals surface area contributed by atoms with Gasteiger partial charge in [0.15, 0.2) is 11.0 Å². The van der Waals surface area contributed by atoms with Crippen LogP contribution in [0.15, 0.2) is 78.0 Å². The van der Waals surface area contributed by atoms with Gasteiger partial charge in [0.1, 0.15) is 0 Å². The Kier molecular flexibility index (Phi) is 6.71. The number of nitro benzene ring substituents is 1. The van der Waals surface area contributed by atoms with E-state index in [-0.39, 0.29) is 17.3 Å². The Morgan fingerprint density at radius 2 is 1.82 bits per heavy atom. The maximum atomic E-state index is 12.6. The molecule has 0 saturated heterocycles. The lowest BCUT2D eigenvalue weighted by Crippen LogP contribution is -2.15. The smallest absolute Gasteiger partial charge is 0.271 e.